The number of carbonyl (C=O) groups is 2. The number of carbonyl (C=O) groups excluding carboxylic acids is 2. The highest BCUT2D eigenvalue weighted by Crippen LogP contribution is 2.22. The summed E-state index contributed by atoms with van der Waals surface area (Å²) in [5, 5.41) is 7.72. The lowest BCUT2D eigenvalue weighted by molar-refractivity contribution is -0.114. The van der Waals surface area contributed by atoms with E-state index in [0.717, 1.165) is 11.1 Å². The summed E-state index contributed by atoms with van der Waals surface area (Å²) in [6, 6.07) is 19.1. The Hall–Kier alpha value is -3.35. The normalized spacial score (nSPS) is 10.7. The molecule has 3 rings (SSSR count). The topological polar surface area (TPSA) is 79.8 Å². The molecule has 0 spiro atoms. The van der Waals surface area contributed by atoms with Crippen LogP contribution in [0.5, 0.6) is 5.75 Å². The first-order chi connectivity index (χ1) is 14.9. The minimum absolute atomic E-state index is 0.209. The maximum atomic E-state index is 12.2. The van der Waals surface area contributed by atoms with Crippen LogP contribution in [0, 0.1) is 0 Å². The molecule has 0 fully saturated rings. The van der Waals surface area contributed by atoms with E-state index in [9.17, 15) is 9.59 Å². The second kappa shape index (κ2) is 10.6. The number of benzene rings is 3. The van der Waals surface area contributed by atoms with E-state index in [0.29, 0.717) is 33.7 Å². The molecular weight excluding hydrogens is 437 g/mol. The fraction of sp³-hybridized carbons (Fsp3) is 0.0870. The van der Waals surface area contributed by atoms with Crippen molar-refractivity contribution < 1.29 is 14.3 Å². The number of hydrogen-bond donors (Lipinski definition) is 2. The van der Waals surface area contributed by atoms with Crippen molar-refractivity contribution in [1.82, 2.24) is 5.43 Å². The van der Waals surface area contributed by atoms with Gasteiger partial charge in [0.1, 0.15) is 12.4 Å². The van der Waals surface area contributed by atoms with Crippen LogP contribution >= 0.6 is 23.2 Å². The zero-order valence-corrected chi connectivity index (χ0v) is 18.1. The highest BCUT2D eigenvalue weighted by atomic mass is 35.5. The van der Waals surface area contributed by atoms with E-state index in [-0.39, 0.29) is 11.8 Å². The molecule has 0 unspecified atom stereocenters. The molecule has 2 amide bonds. The van der Waals surface area contributed by atoms with Gasteiger partial charge in [-0.3, -0.25) is 9.59 Å². The first-order valence-corrected chi connectivity index (χ1v) is 10.0. The summed E-state index contributed by atoms with van der Waals surface area (Å²) in [5.41, 5.74) is 5.00. The Bertz CT molecular complexity index is 1120. The van der Waals surface area contributed by atoms with Crippen molar-refractivity contribution in [2.45, 2.75) is 13.5 Å². The number of amides is 2. The van der Waals surface area contributed by atoms with E-state index in [1.807, 2.05) is 18.2 Å². The molecule has 2 N–H and O–H groups in total. The summed E-state index contributed by atoms with van der Waals surface area (Å²) < 4.78 is 5.74. The number of hydrogen-bond acceptors (Lipinski definition) is 4. The van der Waals surface area contributed by atoms with Crippen LogP contribution in [-0.2, 0) is 11.4 Å². The third-order valence-electron chi connectivity index (χ3n) is 4.11. The largest absolute Gasteiger partial charge is 0.489 e. The zero-order valence-electron chi connectivity index (χ0n) is 16.6. The molecule has 0 aromatic heterocycles. The van der Waals surface area contributed by atoms with Crippen LogP contribution in [0.15, 0.2) is 71.8 Å². The van der Waals surface area contributed by atoms with E-state index in [4.69, 9.17) is 27.9 Å². The number of nitrogens with zero attached hydrogens (tertiary/aromatic N) is 1. The van der Waals surface area contributed by atoms with Gasteiger partial charge in [0.15, 0.2) is 0 Å². The van der Waals surface area contributed by atoms with Gasteiger partial charge in [0.05, 0.1) is 6.21 Å². The molecule has 3 aromatic carbocycles. The summed E-state index contributed by atoms with van der Waals surface area (Å²) in [4.78, 5) is 23.4. The predicted molar refractivity (Wildman–Crippen MR) is 123 cm³/mol. The summed E-state index contributed by atoms with van der Waals surface area (Å²) in [5.74, 6) is 0.0736. The third-order valence-corrected chi connectivity index (χ3v) is 4.70. The van der Waals surface area contributed by atoms with Gasteiger partial charge in [-0.05, 0) is 60.2 Å². The average molecular weight is 456 g/mol. The van der Waals surface area contributed by atoms with E-state index < -0.39 is 0 Å². The van der Waals surface area contributed by atoms with E-state index in [1.54, 1.807) is 48.5 Å². The molecule has 0 aliphatic rings. The summed E-state index contributed by atoms with van der Waals surface area (Å²) in [6.45, 7) is 1.72. The Morgan fingerprint density at radius 1 is 1.03 bits per heavy atom. The van der Waals surface area contributed by atoms with Crippen molar-refractivity contribution >= 4 is 46.9 Å². The fourth-order valence-electron chi connectivity index (χ4n) is 2.62. The Labute approximate surface area is 189 Å². The lowest BCUT2D eigenvalue weighted by atomic mass is 10.2. The van der Waals surface area contributed by atoms with Crippen molar-refractivity contribution in [1.29, 1.82) is 0 Å². The summed E-state index contributed by atoms with van der Waals surface area (Å²) in [7, 11) is 0. The molecule has 6 nitrogen and oxygen atoms in total. The SMILES string of the molecule is CC(=O)Nc1cccc(C(=O)NN=Cc2ccc(OCc3ccc(Cl)cc3Cl)cc2)c1. The Kier molecular flexibility index (Phi) is 7.65. The number of halogens is 2. The second-order valence-corrected chi connectivity index (χ2v) is 7.40. The van der Waals surface area contributed by atoms with E-state index in [2.05, 4.69) is 15.8 Å². The van der Waals surface area contributed by atoms with Crippen LogP contribution in [0.4, 0.5) is 5.69 Å². The number of nitrogens with one attached hydrogen (secondary N) is 2. The lowest BCUT2D eigenvalue weighted by Gasteiger charge is -2.08. The monoisotopic (exact) mass is 455 g/mol. The van der Waals surface area contributed by atoms with Gasteiger partial charge in [0, 0.05) is 33.8 Å². The minimum Gasteiger partial charge on any atom is -0.489 e. The van der Waals surface area contributed by atoms with Gasteiger partial charge < -0.3 is 10.1 Å². The smallest absolute Gasteiger partial charge is 0.271 e. The highest BCUT2D eigenvalue weighted by Gasteiger charge is 2.06. The lowest BCUT2D eigenvalue weighted by Crippen LogP contribution is -2.18. The van der Waals surface area contributed by atoms with Crippen LogP contribution in [-0.4, -0.2) is 18.0 Å². The molecule has 0 bridgehead atoms. The van der Waals surface area contributed by atoms with Crippen LogP contribution < -0.4 is 15.5 Å². The van der Waals surface area contributed by atoms with Crippen LogP contribution in [0.2, 0.25) is 10.0 Å². The van der Waals surface area contributed by atoms with Crippen LogP contribution in [0.1, 0.15) is 28.4 Å². The Balaban J connectivity index is 1.53. The molecule has 0 saturated heterocycles. The molecule has 158 valence electrons. The molecule has 31 heavy (non-hydrogen) atoms. The first-order valence-electron chi connectivity index (χ1n) is 9.28. The molecule has 0 heterocycles. The summed E-state index contributed by atoms with van der Waals surface area (Å²) >= 11 is 12.0. The number of rotatable bonds is 7. The van der Waals surface area contributed by atoms with Crippen molar-refractivity contribution in [3.8, 4) is 5.75 Å². The van der Waals surface area contributed by atoms with Gasteiger partial charge in [-0.15, -0.1) is 0 Å². The van der Waals surface area contributed by atoms with Gasteiger partial charge in [-0.2, -0.15) is 5.10 Å². The van der Waals surface area contributed by atoms with Gasteiger partial charge in [0.25, 0.3) is 5.91 Å². The molecule has 0 saturated carbocycles. The first kappa shape index (κ1) is 22.3. The number of anilines is 1. The van der Waals surface area contributed by atoms with Crippen LogP contribution in [0.25, 0.3) is 0 Å². The average Bonchev–Trinajstić information content (AvgIpc) is 2.74. The van der Waals surface area contributed by atoms with Gasteiger partial charge >= 0.3 is 0 Å². The van der Waals surface area contributed by atoms with Crippen molar-refractivity contribution in [2.75, 3.05) is 5.32 Å². The quantitative estimate of drug-likeness (QED) is 0.374. The Morgan fingerprint density at radius 3 is 2.52 bits per heavy atom. The molecule has 8 heteroatoms. The zero-order chi connectivity index (χ0) is 22.2. The van der Waals surface area contributed by atoms with Crippen molar-refractivity contribution in [3.63, 3.8) is 0 Å². The standard InChI is InChI=1S/C23H19Cl2N3O3/c1-15(29)27-20-4-2-3-17(11-20)23(30)28-26-13-16-5-9-21(10-6-16)31-14-18-7-8-19(24)12-22(18)25/h2-13H,14H2,1H3,(H,27,29)(H,28,30). The number of hydrazone groups is 1. The highest BCUT2D eigenvalue weighted by molar-refractivity contribution is 6.35. The fourth-order valence-corrected chi connectivity index (χ4v) is 3.08. The number of ether oxygens (including phenoxy) is 1. The maximum absolute atomic E-state index is 12.2. The molecule has 0 aliphatic carbocycles. The second-order valence-electron chi connectivity index (χ2n) is 6.55. The van der Waals surface area contributed by atoms with Gasteiger partial charge in [0.2, 0.25) is 5.91 Å². The third kappa shape index (κ3) is 6.84. The predicted octanol–water partition coefficient (Wildman–Crippen LogP) is 5.29. The molecule has 0 radical (unpaired) electrons. The van der Waals surface area contributed by atoms with E-state index in [1.165, 1.54) is 13.1 Å². The maximum Gasteiger partial charge on any atom is 0.271 e. The Morgan fingerprint density at radius 2 is 1.81 bits per heavy atom. The summed E-state index contributed by atoms with van der Waals surface area (Å²) in [6.07, 6.45) is 1.52. The van der Waals surface area contributed by atoms with Crippen molar-refractivity contribution in [3.05, 3.63) is 93.5 Å². The van der Waals surface area contributed by atoms with Crippen molar-refractivity contribution in [2.24, 2.45) is 5.10 Å². The van der Waals surface area contributed by atoms with Gasteiger partial charge in [-0.25, -0.2) is 5.43 Å². The van der Waals surface area contributed by atoms with Gasteiger partial charge in [-0.1, -0.05) is 35.3 Å². The van der Waals surface area contributed by atoms with E-state index >= 15 is 0 Å². The molecule has 3 aromatic rings. The van der Waals surface area contributed by atoms with Crippen LogP contribution in [0.3, 0.4) is 0 Å². The minimum atomic E-state index is -0.386. The molecular formula is C23H19Cl2N3O3. The molecule has 0 atom stereocenters. The molecule has 0 aliphatic heterocycles.